The molecule has 0 unspecified atom stereocenters. The van der Waals surface area contributed by atoms with Crippen LogP contribution in [0.1, 0.15) is 18.4 Å². The number of carboxylic acid groups (broad SMARTS) is 1. The molecule has 1 aliphatic rings. The smallest absolute Gasteiger partial charge is 0.326 e. The number of aliphatic carboxylic acids is 1. The number of nitrogens with one attached hydrogen (secondary N) is 1. The van der Waals surface area contributed by atoms with E-state index in [0.29, 0.717) is 12.0 Å². The Morgan fingerprint density at radius 3 is 2.14 bits per heavy atom. The molecule has 1 amide bonds. The van der Waals surface area contributed by atoms with Crippen molar-refractivity contribution in [3.63, 3.8) is 0 Å². The standard InChI is InChI=1S/C26H23Cl2FN2O5S/c27-19-13-20(28)15-22(14-19)37(35,36)31-11-1-2-24(31)25(32)30-23(26(33)34)12-16-3-5-17(6-4-16)18-7-9-21(29)10-8-18/h3-10,13-15,23-24H,1-2,11-12H2,(H,30,32)(H,33,34)/t23-,24-/m0/s1. The van der Waals surface area contributed by atoms with Crippen LogP contribution < -0.4 is 5.32 Å². The molecule has 37 heavy (non-hydrogen) atoms. The molecule has 194 valence electrons. The number of carbonyl (C=O) groups excluding carboxylic acids is 1. The molecule has 1 saturated heterocycles. The number of nitrogens with zero attached hydrogens (tertiary/aromatic N) is 1. The monoisotopic (exact) mass is 564 g/mol. The van der Waals surface area contributed by atoms with Crippen LogP contribution in [0.15, 0.2) is 71.6 Å². The van der Waals surface area contributed by atoms with E-state index >= 15 is 0 Å². The summed E-state index contributed by atoms with van der Waals surface area (Å²) in [5, 5.41) is 12.5. The first-order chi connectivity index (χ1) is 17.5. The van der Waals surface area contributed by atoms with Crippen molar-refractivity contribution in [1.82, 2.24) is 9.62 Å². The summed E-state index contributed by atoms with van der Waals surface area (Å²) in [5.74, 6) is -2.28. The SMILES string of the molecule is O=C(O)[C@H](Cc1ccc(-c2ccc(F)cc2)cc1)NC(=O)[C@@H]1CCCN1S(=O)(=O)c1cc(Cl)cc(Cl)c1. The first-order valence-corrected chi connectivity index (χ1v) is 13.6. The van der Waals surface area contributed by atoms with Crippen LogP contribution in [0.25, 0.3) is 11.1 Å². The maximum Gasteiger partial charge on any atom is 0.326 e. The zero-order valence-corrected chi connectivity index (χ0v) is 21.7. The number of carboxylic acids is 1. The Labute approximate surface area is 223 Å². The van der Waals surface area contributed by atoms with E-state index in [2.05, 4.69) is 5.32 Å². The lowest BCUT2D eigenvalue weighted by Crippen LogP contribution is -2.51. The second-order valence-electron chi connectivity index (χ2n) is 8.69. The summed E-state index contributed by atoms with van der Waals surface area (Å²) < 4.78 is 40.7. The Bertz CT molecular complexity index is 1400. The van der Waals surface area contributed by atoms with Crippen molar-refractivity contribution < 1.29 is 27.5 Å². The lowest BCUT2D eigenvalue weighted by atomic mass is 10.0. The van der Waals surface area contributed by atoms with E-state index in [-0.39, 0.29) is 40.1 Å². The number of amides is 1. The highest BCUT2D eigenvalue weighted by atomic mass is 35.5. The van der Waals surface area contributed by atoms with Crippen molar-refractivity contribution in [2.24, 2.45) is 0 Å². The minimum absolute atomic E-state index is 0.00581. The minimum atomic E-state index is -4.09. The van der Waals surface area contributed by atoms with E-state index in [1.165, 1.54) is 30.3 Å². The van der Waals surface area contributed by atoms with E-state index < -0.39 is 34.0 Å². The number of sulfonamides is 1. The lowest BCUT2D eigenvalue weighted by molar-refractivity contribution is -0.142. The van der Waals surface area contributed by atoms with Gasteiger partial charge < -0.3 is 10.4 Å². The summed E-state index contributed by atoms with van der Waals surface area (Å²) in [5.41, 5.74) is 2.29. The Morgan fingerprint density at radius 2 is 1.57 bits per heavy atom. The number of rotatable bonds is 8. The van der Waals surface area contributed by atoms with E-state index in [1.54, 1.807) is 36.4 Å². The zero-order chi connectivity index (χ0) is 26.7. The number of hydrogen-bond donors (Lipinski definition) is 2. The summed E-state index contributed by atoms with van der Waals surface area (Å²) in [6.45, 7) is 0.104. The van der Waals surface area contributed by atoms with Crippen molar-refractivity contribution in [2.75, 3.05) is 6.54 Å². The first-order valence-electron chi connectivity index (χ1n) is 11.4. The quantitative estimate of drug-likeness (QED) is 0.410. The molecule has 11 heteroatoms. The average molecular weight is 565 g/mol. The Morgan fingerprint density at radius 1 is 1.00 bits per heavy atom. The van der Waals surface area contributed by atoms with Gasteiger partial charge in [0.05, 0.1) is 4.90 Å². The highest BCUT2D eigenvalue weighted by molar-refractivity contribution is 7.89. The van der Waals surface area contributed by atoms with Gasteiger partial charge in [-0.2, -0.15) is 4.31 Å². The van der Waals surface area contributed by atoms with Gasteiger partial charge in [-0.05, 0) is 59.9 Å². The lowest BCUT2D eigenvalue weighted by Gasteiger charge is -2.25. The second-order valence-corrected chi connectivity index (χ2v) is 11.4. The molecular formula is C26H23Cl2FN2O5S. The Hall–Kier alpha value is -2.98. The van der Waals surface area contributed by atoms with Gasteiger partial charge in [-0.25, -0.2) is 17.6 Å². The van der Waals surface area contributed by atoms with Crippen LogP contribution in [0.3, 0.4) is 0 Å². The molecule has 0 saturated carbocycles. The summed E-state index contributed by atoms with van der Waals surface area (Å²) in [6.07, 6.45) is 0.681. The van der Waals surface area contributed by atoms with Crippen LogP contribution in [-0.2, 0) is 26.0 Å². The molecule has 0 radical (unpaired) electrons. The minimum Gasteiger partial charge on any atom is -0.480 e. The fraction of sp³-hybridized carbons (Fsp3) is 0.231. The van der Waals surface area contributed by atoms with Crippen LogP contribution in [-0.4, -0.2) is 48.3 Å². The Kier molecular flexibility index (Phi) is 8.18. The molecule has 0 bridgehead atoms. The molecular weight excluding hydrogens is 542 g/mol. The van der Waals surface area contributed by atoms with Gasteiger partial charge in [0, 0.05) is 23.0 Å². The zero-order valence-electron chi connectivity index (χ0n) is 19.4. The summed E-state index contributed by atoms with van der Waals surface area (Å²) in [4.78, 5) is 24.9. The second kappa shape index (κ2) is 11.2. The molecule has 2 N–H and O–H groups in total. The molecule has 3 aromatic rings. The van der Waals surface area contributed by atoms with Gasteiger partial charge in [-0.15, -0.1) is 0 Å². The molecule has 0 aromatic heterocycles. The highest BCUT2D eigenvalue weighted by Gasteiger charge is 2.40. The first kappa shape index (κ1) is 27.1. The van der Waals surface area contributed by atoms with E-state index in [9.17, 15) is 27.5 Å². The third-order valence-electron chi connectivity index (χ3n) is 6.13. The molecule has 0 spiro atoms. The van der Waals surface area contributed by atoms with Crippen molar-refractivity contribution in [3.8, 4) is 11.1 Å². The molecule has 4 rings (SSSR count). The predicted octanol–water partition coefficient (Wildman–Crippen LogP) is 4.76. The van der Waals surface area contributed by atoms with Gasteiger partial charge in [-0.1, -0.05) is 59.6 Å². The van der Waals surface area contributed by atoms with Crippen LogP contribution in [0.5, 0.6) is 0 Å². The Balaban J connectivity index is 1.48. The molecule has 1 heterocycles. The topological polar surface area (TPSA) is 104 Å². The third-order valence-corrected chi connectivity index (χ3v) is 8.46. The van der Waals surface area contributed by atoms with E-state index in [4.69, 9.17) is 23.2 Å². The summed E-state index contributed by atoms with van der Waals surface area (Å²) in [7, 11) is -4.09. The average Bonchev–Trinajstić information content (AvgIpc) is 3.35. The summed E-state index contributed by atoms with van der Waals surface area (Å²) >= 11 is 11.9. The number of benzene rings is 3. The fourth-order valence-electron chi connectivity index (χ4n) is 4.28. The van der Waals surface area contributed by atoms with Crippen molar-refractivity contribution in [3.05, 3.63) is 88.2 Å². The maximum atomic E-state index is 13.2. The van der Waals surface area contributed by atoms with Gasteiger partial charge in [0.1, 0.15) is 17.9 Å². The van der Waals surface area contributed by atoms with Crippen LogP contribution in [0, 0.1) is 5.82 Å². The molecule has 1 aliphatic heterocycles. The van der Waals surface area contributed by atoms with Gasteiger partial charge in [-0.3, -0.25) is 4.79 Å². The molecule has 7 nitrogen and oxygen atoms in total. The molecule has 0 aliphatic carbocycles. The van der Waals surface area contributed by atoms with Crippen LogP contribution in [0.4, 0.5) is 4.39 Å². The van der Waals surface area contributed by atoms with E-state index in [1.807, 2.05) is 0 Å². The van der Waals surface area contributed by atoms with Gasteiger partial charge >= 0.3 is 5.97 Å². The fourth-order valence-corrected chi connectivity index (χ4v) is 6.67. The van der Waals surface area contributed by atoms with Crippen LogP contribution >= 0.6 is 23.2 Å². The molecule has 1 fully saturated rings. The summed E-state index contributed by atoms with van der Waals surface area (Å²) in [6, 6.07) is 14.6. The molecule has 2 atom stereocenters. The number of halogens is 3. The largest absolute Gasteiger partial charge is 0.480 e. The van der Waals surface area contributed by atoms with Crippen molar-refractivity contribution in [2.45, 2.75) is 36.2 Å². The third kappa shape index (κ3) is 6.30. The predicted molar refractivity (Wildman–Crippen MR) is 138 cm³/mol. The number of hydrogen-bond acceptors (Lipinski definition) is 4. The van der Waals surface area contributed by atoms with Gasteiger partial charge in [0.15, 0.2) is 0 Å². The molecule has 3 aromatic carbocycles. The maximum absolute atomic E-state index is 13.2. The van der Waals surface area contributed by atoms with E-state index in [0.717, 1.165) is 15.4 Å². The van der Waals surface area contributed by atoms with Crippen molar-refractivity contribution in [1.29, 1.82) is 0 Å². The van der Waals surface area contributed by atoms with Crippen molar-refractivity contribution >= 4 is 45.1 Å². The van der Waals surface area contributed by atoms with Gasteiger partial charge in [0.25, 0.3) is 0 Å². The number of carbonyl (C=O) groups is 2. The highest BCUT2D eigenvalue weighted by Crippen LogP contribution is 2.30. The normalized spacial score (nSPS) is 16.9. The van der Waals surface area contributed by atoms with Gasteiger partial charge in [0.2, 0.25) is 15.9 Å². The van der Waals surface area contributed by atoms with Crippen LogP contribution in [0.2, 0.25) is 10.0 Å².